The first-order chi connectivity index (χ1) is 19.5. The van der Waals surface area contributed by atoms with E-state index >= 15 is 0 Å². The van der Waals surface area contributed by atoms with Crippen LogP contribution in [0.1, 0.15) is 17.5 Å². The Kier molecular flexibility index (Phi) is 9.77. The second kappa shape index (κ2) is 13.6. The van der Waals surface area contributed by atoms with E-state index in [2.05, 4.69) is 21.9 Å². The third kappa shape index (κ3) is 6.87. The van der Waals surface area contributed by atoms with E-state index in [1.54, 1.807) is 30.6 Å². The predicted molar refractivity (Wildman–Crippen MR) is 155 cm³/mol. The van der Waals surface area contributed by atoms with Crippen molar-refractivity contribution in [3.63, 3.8) is 0 Å². The largest absolute Gasteiger partial charge is 0.382 e. The van der Waals surface area contributed by atoms with Crippen LogP contribution in [0.3, 0.4) is 0 Å². The van der Waals surface area contributed by atoms with Crippen molar-refractivity contribution in [1.82, 2.24) is 4.90 Å². The van der Waals surface area contributed by atoms with Crippen LogP contribution in [-0.2, 0) is 36.6 Å². The minimum absolute atomic E-state index is 0.170. The number of benzene rings is 2. The molecule has 1 aromatic heterocycles. The molecule has 2 aromatic carbocycles. The number of methoxy groups -OCH3 is 1. The summed E-state index contributed by atoms with van der Waals surface area (Å²) in [7, 11) is 1.61. The van der Waals surface area contributed by atoms with Gasteiger partial charge in [0.2, 0.25) is 5.91 Å². The van der Waals surface area contributed by atoms with Crippen LogP contribution in [0, 0.1) is 5.82 Å². The van der Waals surface area contributed by atoms with E-state index < -0.39 is 0 Å². The first-order valence-corrected chi connectivity index (χ1v) is 14.7. The molecule has 0 unspecified atom stereocenters. The third-order valence-corrected chi connectivity index (χ3v) is 8.34. The maximum absolute atomic E-state index is 14.2. The Morgan fingerprint density at radius 2 is 1.75 bits per heavy atom. The van der Waals surface area contributed by atoms with E-state index in [1.165, 1.54) is 4.90 Å². The van der Waals surface area contributed by atoms with Crippen molar-refractivity contribution in [1.29, 1.82) is 0 Å². The van der Waals surface area contributed by atoms with Gasteiger partial charge in [-0.15, -0.1) is 11.3 Å². The summed E-state index contributed by atoms with van der Waals surface area (Å²) in [5, 5.41) is 3.13. The number of carbonyl (C=O) groups is 2. The summed E-state index contributed by atoms with van der Waals surface area (Å²) in [6.45, 7) is 5.77. The van der Waals surface area contributed by atoms with Crippen LogP contribution in [0.4, 0.5) is 15.8 Å². The van der Waals surface area contributed by atoms with Gasteiger partial charge in [-0.1, -0.05) is 12.1 Å². The van der Waals surface area contributed by atoms with Gasteiger partial charge in [0.05, 0.1) is 32.1 Å². The van der Waals surface area contributed by atoms with Crippen molar-refractivity contribution >= 4 is 44.6 Å². The van der Waals surface area contributed by atoms with Crippen LogP contribution in [0.25, 0.3) is 10.1 Å². The lowest BCUT2D eigenvalue weighted by Crippen LogP contribution is -2.47. The van der Waals surface area contributed by atoms with Gasteiger partial charge in [0.25, 0.3) is 5.91 Å². The highest BCUT2D eigenvalue weighted by atomic mass is 32.1. The number of nitrogens with zero attached hydrogens (tertiary/aromatic N) is 3. The quantitative estimate of drug-likeness (QED) is 0.307. The smallest absolute Gasteiger partial charge is 0.259 e. The molecule has 0 aliphatic carbocycles. The van der Waals surface area contributed by atoms with Crippen LogP contribution in [0.5, 0.6) is 0 Å². The molecule has 1 saturated heterocycles. The van der Waals surface area contributed by atoms with E-state index in [9.17, 15) is 14.0 Å². The molecule has 2 amide bonds. The number of amides is 2. The summed E-state index contributed by atoms with van der Waals surface area (Å²) >= 11 is 1.57. The Hall–Kier alpha value is -2.89. The number of imide groups is 1. The zero-order valence-electron chi connectivity index (χ0n) is 22.9. The highest BCUT2D eigenvalue weighted by Gasteiger charge is 2.30. The van der Waals surface area contributed by atoms with Gasteiger partial charge in [0, 0.05) is 62.0 Å². The number of anilines is 2. The van der Waals surface area contributed by atoms with Crippen molar-refractivity contribution in [2.24, 2.45) is 0 Å². The highest BCUT2D eigenvalue weighted by molar-refractivity contribution is 7.17. The number of ether oxygens (including phenoxy) is 3. The standard InChI is InChI=1S/C30H36FN3O5S/c1-37-13-14-38-15-16-39-21-30(36)34-26-18-22(2-3-23(26)4-5-29(34)35)6-8-32-9-11-33(12-10-32)27-19-24(31)20-28-25(27)7-17-40-28/h2-3,7,17-20H,4-6,8-16,21H2,1H3. The van der Waals surface area contributed by atoms with E-state index in [1.807, 2.05) is 17.5 Å². The van der Waals surface area contributed by atoms with Crippen LogP contribution in [0.15, 0.2) is 41.8 Å². The molecular formula is C30H36FN3O5S. The molecule has 3 heterocycles. The molecule has 2 aliphatic rings. The fourth-order valence-corrected chi connectivity index (χ4v) is 6.14. The summed E-state index contributed by atoms with van der Waals surface area (Å²) < 4.78 is 30.9. The van der Waals surface area contributed by atoms with E-state index in [4.69, 9.17) is 14.2 Å². The van der Waals surface area contributed by atoms with Gasteiger partial charge < -0.3 is 19.1 Å². The zero-order valence-corrected chi connectivity index (χ0v) is 23.7. The van der Waals surface area contributed by atoms with Crippen molar-refractivity contribution in [3.8, 4) is 0 Å². The zero-order chi connectivity index (χ0) is 27.9. The summed E-state index contributed by atoms with van der Waals surface area (Å²) in [6, 6.07) is 11.4. The molecule has 214 valence electrons. The average molecular weight is 570 g/mol. The Labute approximate surface area is 238 Å². The van der Waals surface area contributed by atoms with Gasteiger partial charge in [0.15, 0.2) is 0 Å². The fraction of sp³-hybridized carbons (Fsp3) is 0.467. The molecule has 1 fully saturated rings. The topological polar surface area (TPSA) is 71.5 Å². The first kappa shape index (κ1) is 28.6. The van der Waals surface area contributed by atoms with Crippen molar-refractivity contribution < 1.29 is 28.2 Å². The molecule has 0 saturated carbocycles. The first-order valence-electron chi connectivity index (χ1n) is 13.8. The number of carbonyl (C=O) groups excluding carboxylic acids is 2. The molecule has 0 N–H and O–H groups in total. The number of aryl methyl sites for hydroxylation is 1. The molecular weight excluding hydrogens is 533 g/mol. The summed E-state index contributed by atoms with van der Waals surface area (Å²) in [5.41, 5.74) is 3.74. The van der Waals surface area contributed by atoms with Crippen LogP contribution in [-0.4, -0.2) is 89.6 Å². The number of thiophene rings is 1. The van der Waals surface area contributed by atoms with Crippen molar-refractivity contribution in [3.05, 3.63) is 58.7 Å². The van der Waals surface area contributed by atoms with Crippen LogP contribution >= 0.6 is 11.3 Å². The van der Waals surface area contributed by atoms with E-state index in [0.717, 1.165) is 66.0 Å². The summed E-state index contributed by atoms with van der Waals surface area (Å²) in [4.78, 5) is 31.6. The Morgan fingerprint density at radius 3 is 2.58 bits per heavy atom. The van der Waals surface area contributed by atoms with Gasteiger partial charge in [-0.2, -0.15) is 0 Å². The number of piperazine rings is 1. The predicted octanol–water partition coefficient (Wildman–Crippen LogP) is 3.89. The molecule has 2 aliphatic heterocycles. The lowest BCUT2D eigenvalue weighted by Gasteiger charge is -2.36. The lowest BCUT2D eigenvalue weighted by molar-refractivity contribution is -0.129. The maximum atomic E-state index is 14.2. The van der Waals surface area contributed by atoms with Gasteiger partial charge in [-0.05, 0) is 53.6 Å². The third-order valence-electron chi connectivity index (χ3n) is 7.47. The average Bonchev–Trinajstić information content (AvgIpc) is 3.43. The van der Waals surface area contributed by atoms with Gasteiger partial charge in [0.1, 0.15) is 12.4 Å². The minimum Gasteiger partial charge on any atom is -0.382 e. The van der Waals surface area contributed by atoms with Crippen LogP contribution < -0.4 is 9.80 Å². The maximum Gasteiger partial charge on any atom is 0.259 e. The SMILES string of the molecule is COCCOCCOCC(=O)N1C(=O)CCc2ccc(CCN3CCN(c4cc(F)cc5sccc45)CC3)cc21. The van der Waals surface area contributed by atoms with E-state index in [0.29, 0.717) is 38.3 Å². The van der Waals surface area contributed by atoms with Crippen molar-refractivity contribution in [2.45, 2.75) is 19.3 Å². The number of fused-ring (bicyclic) bond motifs is 2. The minimum atomic E-state index is -0.354. The van der Waals surface area contributed by atoms with Crippen LogP contribution in [0.2, 0.25) is 0 Å². The highest BCUT2D eigenvalue weighted by Crippen LogP contribution is 2.33. The summed E-state index contributed by atoms with van der Waals surface area (Å²) in [6.07, 6.45) is 1.75. The monoisotopic (exact) mass is 569 g/mol. The normalized spacial score (nSPS) is 16.1. The van der Waals surface area contributed by atoms with Gasteiger partial charge in [-0.25, -0.2) is 9.29 Å². The van der Waals surface area contributed by atoms with Crippen molar-refractivity contribution in [2.75, 3.05) is 82.7 Å². The second-order valence-corrected chi connectivity index (χ2v) is 11.0. The molecule has 0 atom stereocenters. The molecule has 10 heteroatoms. The number of rotatable bonds is 12. The number of hydrogen-bond donors (Lipinski definition) is 0. The second-order valence-electron chi connectivity index (χ2n) is 10.1. The molecule has 5 rings (SSSR count). The van der Waals surface area contributed by atoms with Gasteiger partial charge >= 0.3 is 0 Å². The molecule has 0 bridgehead atoms. The molecule has 0 spiro atoms. The number of hydrogen-bond acceptors (Lipinski definition) is 8. The Bertz CT molecular complexity index is 1320. The Morgan fingerprint density at radius 1 is 0.950 bits per heavy atom. The molecule has 40 heavy (non-hydrogen) atoms. The fourth-order valence-electron chi connectivity index (χ4n) is 5.31. The number of halogens is 1. The molecule has 0 radical (unpaired) electrons. The van der Waals surface area contributed by atoms with E-state index in [-0.39, 0.29) is 30.8 Å². The molecule has 3 aromatic rings. The van der Waals surface area contributed by atoms with Gasteiger partial charge in [-0.3, -0.25) is 14.5 Å². The summed E-state index contributed by atoms with van der Waals surface area (Å²) in [5.74, 6) is -0.736. The lowest BCUT2D eigenvalue weighted by atomic mass is 9.98. The molecule has 8 nitrogen and oxygen atoms in total. The Balaban J connectivity index is 1.14.